The molecule has 2 rings (SSSR count). The van der Waals surface area contributed by atoms with Crippen LogP contribution in [0.1, 0.15) is 31.4 Å². The predicted molar refractivity (Wildman–Crippen MR) is 74.0 cm³/mol. The molecule has 2 N–H and O–H groups in total. The Labute approximate surface area is 108 Å². The van der Waals surface area contributed by atoms with Gasteiger partial charge in [-0.05, 0) is 25.3 Å². The van der Waals surface area contributed by atoms with E-state index in [-0.39, 0.29) is 11.4 Å². The molecular formula is C15H20N2O. The van der Waals surface area contributed by atoms with E-state index in [0.29, 0.717) is 0 Å². The molecule has 1 atom stereocenters. The van der Waals surface area contributed by atoms with E-state index in [0.717, 1.165) is 24.1 Å². The molecule has 0 saturated heterocycles. The Bertz CT molecular complexity index is 493. The zero-order valence-corrected chi connectivity index (χ0v) is 11.2. The molecule has 0 aromatic heterocycles. The van der Waals surface area contributed by atoms with Gasteiger partial charge in [0.05, 0.1) is 0 Å². The zero-order valence-electron chi connectivity index (χ0n) is 11.2. The Morgan fingerprint density at radius 1 is 1.50 bits per heavy atom. The Kier molecular flexibility index (Phi) is 3.41. The number of carbonyl (C=O) groups excluding carboxylic acids is 1. The number of amides is 1. The molecule has 96 valence electrons. The van der Waals surface area contributed by atoms with Gasteiger partial charge in [-0.2, -0.15) is 0 Å². The summed E-state index contributed by atoms with van der Waals surface area (Å²) < 4.78 is 0. The molecular weight excluding hydrogens is 224 g/mol. The standard InChI is InChI=1S/C15H20N2O/c1-4-15(2)10-11-7-5-6-8-12(11)13(17-15)9-14(18)16-3/h5-9,17H,4,10H2,1-3H3,(H,16,18). The van der Waals surface area contributed by atoms with E-state index < -0.39 is 0 Å². The Balaban J connectivity index is 2.46. The summed E-state index contributed by atoms with van der Waals surface area (Å²) in [6.07, 6.45) is 3.66. The second kappa shape index (κ2) is 4.84. The lowest BCUT2D eigenvalue weighted by Crippen LogP contribution is -2.46. The fraction of sp³-hybridized carbons (Fsp3) is 0.400. The largest absolute Gasteiger partial charge is 0.379 e. The number of nitrogens with one attached hydrogen (secondary N) is 2. The second-order valence-electron chi connectivity index (χ2n) is 5.05. The van der Waals surface area contributed by atoms with Crippen LogP contribution in [0.2, 0.25) is 0 Å². The highest BCUT2D eigenvalue weighted by molar-refractivity contribution is 5.95. The first-order chi connectivity index (χ1) is 8.58. The van der Waals surface area contributed by atoms with Crippen LogP contribution in [0.3, 0.4) is 0 Å². The Morgan fingerprint density at radius 3 is 2.89 bits per heavy atom. The normalized spacial score (nSPS) is 24.3. The zero-order chi connectivity index (χ0) is 13.2. The van der Waals surface area contributed by atoms with Crippen LogP contribution in [-0.2, 0) is 11.2 Å². The first-order valence-electron chi connectivity index (χ1n) is 6.38. The van der Waals surface area contributed by atoms with Crippen LogP contribution in [0.25, 0.3) is 5.70 Å². The lowest BCUT2D eigenvalue weighted by atomic mass is 9.83. The number of hydrogen-bond acceptors (Lipinski definition) is 2. The summed E-state index contributed by atoms with van der Waals surface area (Å²) in [5.41, 5.74) is 3.37. The van der Waals surface area contributed by atoms with E-state index in [1.165, 1.54) is 5.56 Å². The summed E-state index contributed by atoms with van der Waals surface area (Å²) in [5.74, 6) is -0.0762. The molecule has 1 amide bonds. The van der Waals surface area contributed by atoms with Crippen molar-refractivity contribution in [3.05, 3.63) is 41.5 Å². The van der Waals surface area contributed by atoms with Crippen molar-refractivity contribution in [2.24, 2.45) is 0 Å². The summed E-state index contributed by atoms with van der Waals surface area (Å²) in [7, 11) is 1.65. The number of fused-ring (bicyclic) bond motifs is 1. The number of benzene rings is 1. The Morgan fingerprint density at radius 2 is 2.22 bits per heavy atom. The van der Waals surface area contributed by atoms with Crippen molar-refractivity contribution < 1.29 is 4.79 Å². The molecule has 1 aliphatic rings. The molecule has 0 fully saturated rings. The van der Waals surface area contributed by atoms with Crippen LogP contribution in [-0.4, -0.2) is 18.5 Å². The highest BCUT2D eigenvalue weighted by atomic mass is 16.1. The molecule has 3 nitrogen and oxygen atoms in total. The van der Waals surface area contributed by atoms with Gasteiger partial charge < -0.3 is 10.6 Å². The molecule has 1 aromatic carbocycles. The first-order valence-corrected chi connectivity index (χ1v) is 6.38. The maximum Gasteiger partial charge on any atom is 0.245 e. The molecule has 1 aromatic rings. The third-order valence-electron chi connectivity index (χ3n) is 3.63. The van der Waals surface area contributed by atoms with Crippen molar-refractivity contribution in [1.29, 1.82) is 0 Å². The minimum Gasteiger partial charge on any atom is -0.379 e. The van der Waals surface area contributed by atoms with Crippen molar-refractivity contribution in [3.8, 4) is 0 Å². The van der Waals surface area contributed by atoms with E-state index in [1.807, 2.05) is 6.07 Å². The van der Waals surface area contributed by atoms with Gasteiger partial charge in [0, 0.05) is 29.9 Å². The average molecular weight is 244 g/mol. The predicted octanol–water partition coefficient (Wildman–Crippen LogP) is 2.09. The number of rotatable bonds is 2. The molecule has 0 aliphatic carbocycles. The lowest BCUT2D eigenvalue weighted by Gasteiger charge is -2.38. The maximum absolute atomic E-state index is 11.6. The average Bonchev–Trinajstić information content (AvgIpc) is 2.38. The van der Waals surface area contributed by atoms with Crippen molar-refractivity contribution in [1.82, 2.24) is 10.6 Å². The van der Waals surface area contributed by atoms with Crippen molar-refractivity contribution in [3.63, 3.8) is 0 Å². The van der Waals surface area contributed by atoms with E-state index in [2.05, 4.69) is 42.7 Å². The SMILES string of the molecule is CCC1(C)Cc2ccccc2C(=CC(=O)NC)N1. The first kappa shape index (κ1) is 12.7. The van der Waals surface area contributed by atoms with Crippen molar-refractivity contribution in [2.45, 2.75) is 32.2 Å². The molecule has 18 heavy (non-hydrogen) atoms. The molecule has 1 unspecified atom stereocenters. The van der Waals surface area contributed by atoms with Crippen LogP contribution >= 0.6 is 0 Å². The van der Waals surface area contributed by atoms with Gasteiger partial charge in [0.1, 0.15) is 0 Å². The molecule has 3 heteroatoms. The third-order valence-corrected chi connectivity index (χ3v) is 3.63. The highest BCUT2D eigenvalue weighted by Gasteiger charge is 2.30. The van der Waals surface area contributed by atoms with E-state index >= 15 is 0 Å². The summed E-state index contributed by atoms with van der Waals surface area (Å²) in [6, 6.07) is 8.26. The molecule has 1 aliphatic heterocycles. The van der Waals surface area contributed by atoms with E-state index in [9.17, 15) is 4.79 Å². The van der Waals surface area contributed by atoms with E-state index in [1.54, 1.807) is 13.1 Å². The fourth-order valence-corrected chi connectivity index (χ4v) is 2.32. The highest BCUT2D eigenvalue weighted by Crippen LogP contribution is 2.31. The lowest BCUT2D eigenvalue weighted by molar-refractivity contribution is -0.116. The smallest absolute Gasteiger partial charge is 0.245 e. The maximum atomic E-state index is 11.6. The van der Waals surface area contributed by atoms with Gasteiger partial charge in [-0.25, -0.2) is 0 Å². The fourth-order valence-electron chi connectivity index (χ4n) is 2.32. The van der Waals surface area contributed by atoms with Gasteiger partial charge in [-0.3, -0.25) is 4.79 Å². The number of likely N-dealkylation sites (N-methyl/N-ethyl adjacent to an activating group) is 1. The summed E-state index contributed by atoms with van der Waals surface area (Å²) in [6.45, 7) is 4.36. The number of carbonyl (C=O) groups is 1. The monoisotopic (exact) mass is 244 g/mol. The molecule has 0 saturated carbocycles. The van der Waals surface area contributed by atoms with Gasteiger partial charge in [-0.15, -0.1) is 0 Å². The van der Waals surface area contributed by atoms with Crippen LogP contribution in [0.15, 0.2) is 30.3 Å². The summed E-state index contributed by atoms with van der Waals surface area (Å²) in [4.78, 5) is 11.6. The van der Waals surface area contributed by atoms with Gasteiger partial charge in [0.15, 0.2) is 0 Å². The summed E-state index contributed by atoms with van der Waals surface area (Å²) in [5, 5.41) is 6.13. The van der Waals surface area contributed by atoms with Crippen molar-refractivity contribution in [2.75, 3.05) is 7.05 Å². The van der Waals surface area contributed by atoms with E-state index in [4.69, 9.17) is 0 Å². The molecule has 1 heterocycles. The van der Waals surface area contributed by atoms with Crippen molar-refractivity contribution >= 4 is 11.6 Å². The van der Waals surface area contributed by atoms with Gasteiger partial charge in [-0.1, -0.05) is 31.2 Å². The van der Waals surface area contributed by atoms with Gasteiger partial charge in [0.25, 0.3) is 0 Å². The van der Waals surface area contributed by atoms with Crippen LogP contribution < -0.4 is 10.6 Å². The minimum atomic E-state index is -0.0762. The second-order valence-corrected chi connectivity index (χ2v) is 5.05. The van der Waals surface area contributed by atoms with Gasteiger partial charge >= 0.3 is 0 Å². The molecule has 0 bridgehead atoms. The summed E-state index contributed by atoms with van der Waals surface area (Å²) >= 11 is 0. The van der Waals surface area contributed by atoms with Gasteiger partial charge in [0.2, 0.25) is 5.91 Å². The van der Waals surface area contributed by atoms with Crippen LogP contribution in [0, 0.1) is 0 Å². The van der Waals surface area contributed by atoms with Crippen LogP contribution in [0.5, 0.6) is 0 Å². The number of hydrogen-bond donors (Lipinski definition) is 2. The third kappa shape index (κ3) is 2.40. The minimum absolute atomic E-state index is 0.0220. The quantitative estimate of drug-likeness (QED) is 0.782. The molecule has 0 radical (unpaired) electrons. The molecule has 0 spiro atoms. The van der Waals surface area contributed by atoms with Crippen LogP contribution in [0.4, 0.5) is 0 Å². The Hall–Kier alpha value is -1.77. The topological polar surface area (TPSA) is 41.1 Å².